The first-order valence-electron chi connectivity index (χ1n) is 9.66. The molecule has 0 saturated carbocycles. The summed E-state index contributed by atoms with van der Waals surface area (Å²) in [5, 5.41) is 4.54. The van der Waals surface area contributed by atoms with E-state index in [0.29, 0.717) is 0 Å². The number of methoxy groups -OCH3 is 1. The molecule has 1 aliphatic rings. The summed E-state index contributed by atoms with van der Waals surface area (Å²) in [5.74, 6) is 2.44. The van der Waals surface area contributed by atoms with Crippen molar-refractivity contribution < 1.29 is 4.74 Å². The Hall–Kier alpha value is -2.63. The summed E-state index contributed by atoms with van der Waals surface area (Å²) < 4.78 is 5.42. The number of hydrogen-bond donors (Lipinski definition) is 1. The average molecular weight is 411 g/mol. The molecule has 3 aromatic rings. The summed E-state index contributed by atoms with van der Waals surface area (Å²) in [5.41, 5.74) is 4.24. The predicted molar refractivity (Wildman–Crippen MR) is 123 cm³/mol. The smallest absolute Gasteiger partial charge is 0.157 e. The minimum absolute atomic E-state index is 0.746. The molecule has 0 amide bonds. The number of fused-ring (bicyclic) bond motifs is 2. The molecule has 0 bridgehead atoms. The molecule has 6 heteroatoms. The van der Waals surface area contributed by atoms with E-state index in [-0.39, 0.29) is 0 Å². The first-order valence-corrected chi connectivity index (χ1v) is 10.0. The SMILES string of the molecule is C/C=C(\C)c1nc(N2CCc3c(Cl)cccc32)c2cc(OC)ccc2n1.CNC. The van der Waals surface area contributed by atoms with Gasteiger partial charge in [-0.25, -0.2) is 9.97 Å². The lowest BCUT2D eigenvalue weighted by molar-refractivity contribution is 0.415. The first kappa shape index (κ1) is 21.1. The number of ether oxygens (including phenoxy) is 1. The quantitative estimate of drug-likeness (QED) is 0.639. The number of nitrogens with one attached hydrogen (secondary N) is 1. The van der Waals surface area contributed by atoms with E-state index >= 15 is 0 Å². The van der Waals surface area contributed by atoms with Crippen molar-refractivity contribution in [2.45, 2.75) is 20.3 Å². The van der Waals surface area contributed by atoms with E-state index in [0.717, 1.165) is 57.5 Å². The summed E-state index contributed by atoms with van der Waals surface area (Å²) in [6.07, 6.45) is 2.94. The molecule has 5 nitrogen and oxygen atoms in total. The summed E-state index contributed by atoms with van der Waals surface area (Å²) in [6.45, 7) is 4.88. The van der Waals surface area contributed by atoms with Crippen LogP contribution in [0.5, 0.6) is 5.75 Å². The lowest BCUT2D eigenvalue weighted by Crippen LogP contribution is -2.16. The number of allylic oxidation sites excluding steroid dienone is 2. The van der Waals surface area contributed by atoms with E-state index in [1.54, 1.807) is 7.11 Å². The van der Waals surface area contributed by atoms with Gasteiger partial charge in [0, 0.05) is 22.6 Å². The zero-order chi connectivity index (χ0) is 21.0. The van der Waals surface area contributed by atoms with E-state index in [1.807, 2.05) is 64.4 Å². The van der Waals surface area contributed by atoms with Gasteiger partial charge in [0.2, 0.25) is 0 Å². The minimum Gasteiger partial charge on any atom is -0.497 e. The molecule has 29 heavy (non-hydrogen) atoms. The third-order valence-electron chi connectivity index (χ3n) is 4.89. The van der Waals surface area contributed by atoms with Gasteiger partial charge in [-0.05, 0) is 75.8 Å². The van der Waals surface area contributed by atoms with E-state index < -0.39 is 0 Å². The Morgan fingerprint density at radius 2 is 1.97 bits per heavy atom. The van der Waals surface area contributed by atoms with Gasteiger partial charge in [0.05, 0.1) is 12.6 Å². The molecular weight excluding hydrogens is 384 g/mol. The van der Waals surface area contributed by atoms with Gasteiger partial charge < -0.3 is 15.0 Å². The van der Waals surface area contributed by atoms with Crippen LogP contribution in [-0.4, -0.2) is 37.7 Å². The predicted octanol–water partition coefficient (Wildman–Crippen LogP) is 5.24. The van der Waals surface area contributed by atoms with Crippen molar-refractivity contribution in [1.29, 1.82) is 0 Å². The van der Waals surface area contributed by atoms with Crippen LogP contribution in [-0.2, 0) is 6.42 Å². The number of rotatable bonds is 3. The highest BCUT2D eigenvalue weighted by Gasteiger charge is 2.25. The summed E-state index contributed by atoms with van der Waals surface area (Å²) in [4.78, 5) is 11.9. The Labute approximate surface area is 177 Å². The molecule has 0 unspecified atom stereocenters. The molecule has 0 spiro atoms. The fraction of sp³-hybridized carbons (Fsp3) is 0.304. The number of nitrogens with zero attached hydrogens (tertiary/aromatic N) is 3. The molecule has 4 rings (SSSR count). The van der Waals surface area contributed by atoms with Crippen molar-refractivity contribution in [3.05, 3.63) is 58.9 Å². The molecule has 2 heterocycles. The van der Waals surface area contributed by atoms with Crippen LogP contribution in [0.1, 0.15) is 25.2 Å². The Kier molecular flexibility index (Phi) is 6.72. The van der Waals surface area contributed by atoms with Crippen molar-refractivity contribution >= 4 is 39.6 Å². The van der Waals surface area contributed by atoms with Crippen LogP contribution < -0.4 is 15.0 Å². The lowest BCUT2D eigenvalue weighted by atomic mass is 10.1. The maximum atomic E-state index is 6.40. The highest BCUT2D eigenvalue weighted by Crippen LogP contribution is 2.40. The van der Waals surface area contributed by atoms with Crippen LogP contribution >= 0.6 is 11.6 Å². The van der Waals surface area contributed by atoms with E-state index in [9.17, 15) is 0 Å². The largest absolute Gasteiger partial charge is 0.497 e. The second-order valence-electron chi connectivity index (χ2n) is 6.86. The normalized spacial score (nSPS) is 13.2. The molecule has 0 radical (unpaired) electrons. The molecule has 2 aromatic carbocycles. The number of hydrogen-bond acceptors (Lipinski definition) is 5. The molecule has 0 atom stereocenters. The minimum atomic E-state index is 0.746. The molecule has 0 fully saturated rings. The second-order valence-corrected chi connectivity index (χ2v) is 7.27. The fourth-order valence-electron chi connectivity index (χ4n) is 3.34. The van der Waals surface area contributed by atoms with Crippen LogP contribution in [0.2, 0.25) is 5.02 Å². The van der Waals surface area contributed by atoms with Crippen molar-refractivity contribution in [3.63, 3.8) is 0 Å². The van der Waals surface area contributed by atoms with Crippen molar-refractivity contribution in [2.75, 3.05) is 32.6 Å². The highest BCUT2D eigenvalue weighted by atomic mass is 35.5. The lowest BCUT2D eigenvalue weighted by Gasteiger charge is -2.21. The number of benzene rings is 2. The van der Waals surface area contributed by atoms with E-state index in [4.69, 9.17) is 26.3 Å². The molecule has 0 saturated heterocycles. The third-order valence-corrected chi connectivity index (χ3v) is 5.25. The van der Waals surface area contributed by atoms with Gasteiger partial charge >= 0.3 is 0 Å². The Bertz CT molecular complexity index is 1050. The average Bonchev–Trinajstić information content (AvgIpc) is 3.18. The zero-order valence-electron chi connectivity index (χ0n) is 17.6. The van der Waals surface area contributed by atoms with Gasteiger partial charge in [-0.2, -0.15) is 0 Å². The molecule has 152 valence electrons. The molecule has 0 aliphatic carbocycles. The number of aromatic nitrogens is 2. The van der Waals surface area contributed by atoms with Gasteiger partial charge in [-0.1, -0.05) is 23.7 Å². The molecular formula is C23H27ClN4O. The van der Waals surface area contributed by atoms with Crippen molar-refractivity contribution in [1.82, 2.24) is 15.3 Å². The van der Waals surface area contributed by atoms with E-state index in [1.165, 1.54) is 5.56 Å². The number of anilines is 2. The number of halogens is 1. The van der Waals surface area contributed by atoms with Crippen molar-refractivity contribution in [2.24, 2.45) is 0 Å². The fourth-order valence-corrected chi connectivity index (χ4v) is 3.61. The van der Waals surface area contributed by atoms with Crippen LogP contribution in [0.4, 0.5) is 11.5 Å². The van der Waals surface area contributed by atoms with E-state index in [2.05, 4.69) is 16.3 Å². The van der Waals surface area contributed by atoms with Crippen LogP contribution in [0.15, 0.2) is 42.5 Å². The summed E-state index contributed by atoms with van der Waals surface area (Å²) in [6, 6.07) is 12.0. The van der Waals surface area contributed by atoms with Gasteiger partial charge in [0.15, 0.2) is 5.82 Å². The maximum absolute atomic E-state index is 6.40. The highest BCUT2D eigenvalue weighted by molar-refractivity contribution is 6.31. The van der Waals surface area contributed by atoms with Gasteiger partial charge in [-0.3, -0.25) is 0 Å². The van der Waals surface area contributed by atoms with Crippen LogP contribution in [0.25, 0.3) is 16.5 Å². The second kappa shape index (κ2) is 9.25. The van der Waals surface area contributed by atoms with Crippen LogP contribution in [0, 0.1) is 0 Å². The monoisotopic (exact) mass is 410 g/mol. The topological polar surface area (TPSA) is 50.3 Å². The molecule has 1 aromatic heterocycles. The first-order chi connectivity index (χ1) is 14.0. The zero-order valence-corrected chi connectivity index (χ0v) is 18.3. The molecule has 1 N–H and O–H groups in total. The Morgan fingerprint density at radius 1 is 1.21 bits per heavy atom. The maximum Gasteiger partial charge on any atom is 0.157 e. The Balaban J connectivity index is 0.000000755. The van der Waals surface area contributed by atoms with Gasteiger partial charge in [0.25, 0.3) is 0 Å². The van der Waals surface area contributed by atoms with Crippen molar-refractivity contribution in [3.8, 4) is 5.75 Å². The van der Waals surface area contributed by atoms with Gasteiger partial charge in [0.1, 0.15) is 11.6 Å². The molecule has 1 aliphatic heterocycles. The standard InChI is InChI=1S/C21H20ClN3O.C2H7N/c1-4-13(2)20-23-18-9-8-14(26-3)12-16(18)21(24-20)25-11-10-15-17(22)6-5-7-19(15)25;1-3-2/h4-9,12H,10-11H2,1-3H3;3H,1-2H3/b13-4+;. The Morgan fingerprint density at radius 3 is 2.66 bits per heavy atom. The summed E-state index contributed by atoms with van der Waals surface area (Å²) >= 11 is 6.40. The summed E-state index contributed by atoms with van der Waals surface area (Å²) in [7, 11) is 5.42. The van der Waals surface area contributed by atoms with Crippen LogP contribution in [0.3, 0.4) is 0 Å². The third kappa shape index (κ3) is 4.21. The van der Waals surface area contributed by atoms with Gasteiger partial charge in [-0.15, -0.1) is 0 Å².